The molecule has 1 unspecified atom stereocenters. The van der Waals surface area contributed by atoms with E-state index < -0.39 is 11.7 Å². The molecule has 4 nitrogen and oxygen atoms in total. The van der Waals surface area contributed by atoms with E-state index in [2.05, 4.69) is 5.32 Å². The fourth-order valence-corrected chi connectivity index (χ4v) is 4.09. The number of likely N-dealkylation sites (tertiary alicyclic amines) is 1. The molecule has 7 heteroatoms. The standard InChI is InChI=1S/C18H23F3N2O2/c1-25-11-15-10-23(12-17(15)6-8-22-9-7-17)16(24)13-2-4-14(5-3-13)18(19,20)21/h2-5,15,22H,6-12H2,1H3. The number of nitrogens with one attached hydrogen (secondary N) is 1. The molecule has 25 heavy (non-hydrogen) atoms. The number of alkyl halides is 3. The number of nitrogens with zero attached hydrogens (tertiary/aromatic N) is 1. The second-order valence-electron chi connectivity index (χ2n) is 7.03. The molecule has 1 N–H and O–H groups in total. The number of rotatable bonds is 3. The molecule has 2 heterocycles. The maximum atomic E-state index is 12.8. The van der Waals surface area contributed by atoms with Gasteiger partial charge in [-0.3, -0.25) is 4.79 Å². The van der Waals surface area contributed by atoms with Gasteiger partial charge in [0.15, 0.2) is 0 Å². The molecule has 1 amide bonds. The van der Waals surface area contributed by atoms with Gasteiger partial charge in [-0.1, -0.05) is 0 Å². The molecule has 1 atom stereocenters. The van der Waals surface area contributed by atoms with E-state index in [4.69, 9.17) is 4.74 Å². The molecule has 0 bridgehead atoms. The summed E-state index contributed by atoms with van der Waals surface area (Å²) < 4.78 is 43.4. The van der Waals surface area contributed by atoms with Crippen molar-refractivity contribution in [3.63, 3.8) is 0 Å². The molecular formula is C18H23F3N2O2. The number of amides is 1. The average Bonchev–Trinajstić information content (AvgIpc) is 2.92. The third-order valence-electron chi connectivity index (χ3n) is 5.53. The molecule has 2 aliphatic rings. The highest BCUT2D eigenvalue weighted by atomic mass is 19.4. The summed E-state index contributed by atoms with van der Waals surface area (Å²) in [7, 11) is 1.66. The van der Waals surface area contributed by atoms with Crippen LogP contribution in [0.2, 0.25) is 0 Å². The van der Waals surface area contributed by atoms with Gasteiger partial charge in [0.1, 0.15) is 0 Å². The number of benzene rings is 1. The van der Waals surface area contributed by atoms with Crippen molar-refractivity contribution in [2.75, 3.05) is 39.9 Å². The van der Waals surface area contributed by atoms with Gasteiger partial charge >= 0.3 is 6.18 Å². The molecule has 2 saturated heterocycles. The van der Waals surface area contributed by atoms with Crippen LogP contribution in [0.25, 0.3) is 0 Å². The Kier molecular flexibility index (Phi) is 5.06. The molecule has 2 fully saturated rings. The van der Waals surface area contributed by atoms with Crippen LogP contribution in [0.1, 0.15) is 28.8 Å². The number of ether oxygens (including phenoxy) is 1. The highest BCUT2D eigenvalue weighted by molar-refractivity contribution is 5.94. The van der Waals surface area contributed by atoms with E-state index in [1.807, 2.05) is 0 Å². The van der Waals surface area contributed by atoms with Gasteiger partial charge in [0.25, 0.3) is 5.91 Å². The number of carbonyl (C=O) groups is 1. The molecule has 3 rings (SSSR count). The molecule has 1 spiro atoms. The van der Waals surface area contributed by atoms with Crippen molar-refractivity contribution < 1.29 is 22.7 Å². The minimum absolute atomic E-state index is 0.0445. The van der Waals surface area contributed by atoms with Crippen molar-refractivity contribution in [3.05, 3.63) is 35.4 Å². The Morgan fingerprint density at radius 2 is 1.92 bits per heavy atom. The Balaban J connectivity index is 1.76. The van der Waals surface area contributed by atoms with Gasteiger partial charge in [-0.15, -0.1) is 0 Å². The van der Waals surface area contributed by atoms with E-state index in [0.29, 0.717) is 25.3 Å². The first-order valence-electron chi connectivity index (χ1n) is 8.52. The van der Waals surface area contributed by atoms with E-state index >= 15 is 0 Å². The van der Waals surface area contributed by atoms with Crippen molar-refractivity contribution in [2.24, 2.45) is 11.3 Å². The van der Waals surface area contributed by atoms with Crippen molar-refractivity contribution in [3.8, 4) is 0 Å². The summed E-state index contributed by atoms with van der Waals surface area (Å²) in [6, 6.07) is 4.47. The van der Waals surface area contributed by atoms with Crippen LogP contribution in [0.5, 0.6) is 0 Å². The highest BCUT2D eigenvalue weighted by Crippen LogP contribution is 2.44. The van der Waals surface area contributed by atoms with Gasteiger partial charge in [0.2, 0.25) is 0 Å². The number of hydrogen-bond acceptors (Lipinski definition) is 3. The van der Waals surface area contributed by atoms with Crippen LogP contribution in [0, 0.1) is 11.3 Å². The van der Waals surface area contributed by atoms with Crippen LogP contribution in [0.3, 0.4) is 0 Å². The van der Waals surface area contributed by atoms with Crippen molar-refractivity contribution >= 4 is 5.91 Å². The van der Waals surface area contributed by atoms with Crippen molar-refractivity contribution in [1.82, 2.24) is 10.2 Å². The lowest BCUT2D eigenvalue weighted by atomic mass is 9.71. The average molecular weight is 356 g/mol. The Labute approximate surface area is 145 Å². The van der Waals surface area contributed by atoms with E-state index in [-0.39, 0.29) is 17.2 Å². The predicted molar refractivity (Wildman–Crippen MR) is 87.3 cm³/mol. The highest BCUT2D eigenvalue weighted by Gasteiger charge is 2.48. The lowest BCUT2D eigenvalue weighted by Crippen LogP contribution is -2.43. The molecular weight excluding hydrogens is 333 g/mol. The summed E-state index contributed by atoms with van der Waals surface area (Å²) in [5, 5.41) is 3.34. The number of halogens is 3. The zero-order valence-corrected chi connectivity index (χ0v) is 14.2. The van der Waals surface area contributed by atoms with Gasteiger partial charge < -0.3 is 15.0 Å². The van der Waals surface area contributed by atoms with E-state index in [1.54, 1.807) is 12.0 Å². The van der Waals surface area contributed by atoms with E-state index in [9.17, 15) is 18.0 Å². The van der Waals surface area contributed by atoms with E-state index in [1.165, 1.54) is 12.1 Å². The molecule has 0 saturated carbocycles. The molecule has 0 aliphatic carbocycles. The lowest BCUT2D eigenvalue weighted by Gasteiger charge is -2.38. The van der Waals surface area contributed by atoms with Gasteiger partial charge in [-0.2, -0.15) is 13.2 Å². The first-order valence-corrected chi connectivity index (χ1v) is 8.52. The van der Waals surface area contributed by atoms with Crippen LogP contribution in [0.15, 0.2) is 24.3 Å². The zero-order valence-electron chi connectivity index (χ0n) is 14.2. The third kappa shape index (κ3) is 3.67. The van der Waals surface area contributed by atoms with Crippen molar-refractivity contribution in [2.45, 2.75) is 19.0 Å². The molecule has 138 valence electrons. The predicted octanol–water partition coefficient (Wildman–Crippen LogP) is 2.79. The Morgan fingerprint density at radius 3 is 2.48 bits per heavy atom. The molecule has 1 aromatic carbocycles. The van der Waals surface area contributed by atoms with E-state index in [0.717, 1.165) is 38.1 Å². The maximum Gasteiger partial charge on any atom is 0.416 e. The first kappa shape index (κ1) is 18.2. The van der Waals surface area contributed by atoms with Crippen LogP contribution < -0.4 is 5.32 Å². The van der Waals surface area contributed by atoms with Crippen LogP contribution in [-0.2, 0) is 10.9 Å². The van der Waals surface area contributed by atoms with Crippen LogP contribution >= 0.6 is 0 Å². The van der Waals surface area contributed by atoms with Gasteiger partial charge in [-0.25, -0.2) is 0 Å². The first-order chi connectivity index (χ1) is 11.9. The maximum absolute atomic E-state index is 12.8. The molecule has 2 aliphatic heterocycles. The SMILES string of the molecule is COCC1CN(C(=O)c2ccc(C(F)(F)F)cc2)CC12CCNCC2. The smallest absolute Gasteiger partial charge is 0.384 e. The number of hydrogen-bond donors (Lipinski definition) is 1. The quantitative estimate of drug-likeness (QED) is 0.906. The van der Waals surface area contributed by atoms with Crippen molar-refractivity contribution in [1.29, 1.82) is 0 Å². The van der Waals surface area contributed by atoms with Crippen LogP contribution in [-0.4, -0.2) is 50.7 Å². The summed E-state index contributed by atoms with van der Waals surface area (Å²) in [5.41, 5.74) is -0.393. The fourth-order valence-electron chi connectivity index (χ4n) is 4.09. The topological polar surface area (TPSA) is 41.6 Å². The summed E-state index contributed by atoms with van der Waals surface area (Å²) >= 11 is 0. The normalized spacial score (nSPS) is 23.2. The number of piperidine rings is 1. The summed E-state index contributed by atoms with van der Waals surface area (Å²) in [4.78, 5) is 14.5. The van der Waals surface area contributed by atoms with Gasteiger partial charge in [0, 0.05) is 31.7 Å². The molecule has 1 aromatic rings. The minimum atomic E-state index is -4.39. The molecule has 0 radical (unpaired) electrons. The Hall–Kier alpha value is -1.60. The zero-order chi connectivity index (χ0) is 18.1. The second kappa shape index (κ2) is 6.96. The number of carbonyl (C=O) groups excluding carboxylic acids is 1. The van der Waals surface area contributed by atoms with Gasteiger partial charge in [-0.05, 0) is 55.6 Å². The summed E-state index contributed by atoms with van der Waals surface area (Å²) in [6.07, 6.45) is -2.42. The Bertz CT molecular complexity index is 610. The summed E-state index contributed by atoms with van der Waals surface area (Å²) in [6.45, 7) is 3.66. The third-order valence-corrected chi connectivity index (χ3v) is 5.53. The molecule has 0 aromatic heterocycles. The largest absolute Gasteiger partial charge is 0.416 e. The number of methoxy groups -OCH3 is 1. The lowest BCUT2D eigenvalue weighted by molar-refractivity contribution is -0.137. The second-order valence-corrected chi connectivity index (χ2v) is 7.03. The monoisotopic (exact) mass is 356 g/mol. The Morgan fingerprint density at radius 1 is 1.28 bits per heavy atom. The summed E-state index contributed by atoms with van der Waals surface area (Å²) in [5.74, 6) is 0.0585. The van der Waals surface area contributed by atoms with Gasteiger partial charge in [0.05, 0.1) is 12.2 Å². The fraction of sp³-hybridized carbons (Fsp3) is 0.611. The minimum Gasteiger partial charge on any atom is -0.384 e. The van der Waals surface area contributed by atoms with Crippen LogP contribution in [0.4, 0.5) is 13.2 Å².